The number of ether oxygens (including phenoxy) is 1. The summed E-state index contributed by atoms with van der Waals surface area (Å²) in [5.41, 5.74) is -0.735. The summed E-state index contributed by atoms with van der Waals surface area (Å²) in [6.07, 6.45) is -4.37. The number of hydrogen-bond acceptors (Lipinski definition) is 3. The van der Waals surface area contributed by atoms with Gasteiger partial charge in [0.05, 0.1) is 5.56 Å². The van der Waals surface area contributed by atoms with E-state index in [1.54, 1.807) is 18.9 Å². The van der Waals surface area contributed by atoms with Crippen LogP contribution in [0.5, 0.6) is 5.75 Å². The molecule has 1 unspecified atom stereocenters. The number of carboxylic acid groups (broad SMARTS) is 1. The average Bonchev–Trinajstić information content (AvgIpc) is 2.37. The highest BCUT2D eigenvalue weighted by Crippen LogP contribution is 2.30. The van der Waals surface area contributed by atoms with E-state index in [1.165, 1.54) is 12.1 Å². The lowest BCUT2D eigenvalue weighted by atomic mass is 10.2. The van der Waals surface area contributed by atoms with Crippen LogP contribution in [-0.4, -0.2) is 42.2 Å². The van der Waals surface area contributed by atoms with Crippen LogP contribution in [0.2, 0.25) is 0 Å². The SMILES string of the molecule is CC(C(=O)O)N(C)CCOc1ccc(C(F)(F)F)cc1. The number of likely N-dealkylation sites (N-methyl/N-ethyl adjacent to an activating group) is 1. The molecule has 1 N–H and O–H groups in total. The topological polar surface area (TPSA) is 49.8 Å². The minimum Gasteiger partial charge on any atom is -0.492 e. The van der Waals surface area contributed by atoms with Crippen molar-refractivity contribution in [3.63, 3.8) is 0 Å². The van der Waals surface area contributed by atoms with Gasteiger partial charge in [-0.15, -0.1) is 0 Å². The van der Waals surface area contributed by atoms with Crippen molar-refractivity contribution < 1.29 is 27.8 Å². The van der Waals surface area contributed by atoms with Crippen molar-refractivity contribution in [3.8, 4) is 5.75 Å². The summed E-state index contributed by atoms with van der Waals surface area (Å²) in [6, 6.07) is 3.72. The zero-order chi connectivity index (χ0) is 15.3. The minimum absolute atomic E-state index is 0.194. The lowest BCUT2D eigenvalue weighted by Crippen LogP contribution is -2.38. The van der Waals surface area contributed by atoms with Crippen molar-refractivity contribution in [1.82, 2.24) is 4.90 Å². The van der Waals surface area contributed by atoms with Crippen LogP contribution < -0.4 is 4.74 Å². The second-order valence-corrected chi connectivity index (χ2v) is 4.37. The van der Waals surface area contributed by atoms with Gasteiger partial charge >= 0.3 is 12.1 Å². The van der Waals surface area contributed by atoms with Crippen LogP contribution in [0.3, 0.4) is 0 Å². The Labute approximate surface area is 114 Å². The van der Waals surface area contributed by atoms with E-state index < -0.39 is 23.8 Å². The standard InChI is InChI=1S/C13H16F3NO3/c1-9(12(18)19)17(2)7-8-20-11-5-3-10(4-6-11)13(14,15)16/h3-6,9H,7-8H2,1-2H3,(H,18,19). The Hall–Kier alpha value is -1.76. The van der Waals surface area contributed by atoms with Crippen LogP contribution in [0.25, 0.3) is 0 Å². The monoisotopic (exact) mass is 291 g/mol. The third kappa shape index (κ3) is 4.73. The van der Waals surface area contributed by atoms with Gasteiger partial charge in [-0.25, -0.2) is 0 Å². The third-order valence-corrected chi connectivity index (χ3v) is 2.91. The van der Waals surface area contributed by atoms with Crippen molar-refractivity contribution in [2.75, 3.05) is 20.2 Å². The van der Waals surface area contributed by atoms with E-state index in [0.29, 0.717) is 12.3 Å². The van der Waals surface area contributed by atoms with Crippen LogP contribution in [0.1, 0.15) is 12.5 Å². The molecule has 112 valence electrons. The van der Waals surface area contributed by atoms with E-state index in [1.807, 2.05) is 0 Å². The highest BCUT2D eigenvalue weighted by molar-refractivity contribution is 5.72. The molecule has 0 saturated carbocycles. The van der Waals surface area contributed by atoms with Crippen LogP contribution in [0, 0.1) is 0 Å². The summed E-state index contributed by atoms with van der Waals surface area (Å²) in [5.74, 6) is -0.628. The smallest absolute Gasteiger partial charge is 0.416 e. The Bertz CT molecular complexity index is 445. The normalized spacial score (nSPS) is 13.3. The minimum atomic E-state index is -4.37. The molecule has 0 aromatic heterocycles. The number of halogens is 3. The molecule has 7 heteroatoms. The number of carbonyl (C=O) groups is 1. The first kappa shape index (κ1) is 16.3. The van der Waals surface area contributed by atoms with Crippen molar-refractivity contribution in [2.24, 2.45) is 0 Å². The lowest BCUT2D eigenvalue weighted by Gasteiger charge is -2.21. The van der Waals surface area contributed by atoms with E-state index in [0.717, 1.165) is 12.1 Å². The van der Waals surface area contributed by atoms with E-state index >= 15 is 0 Å². The number of hydrogen-bond donors (Lipinski definition) is 1. The molecule has 0 aliphatic heterocycles. The average molecular weight is 291 g/mol. The Morgan fingerprint density at radius 2 is 1.90 bits per heavy atom. The maximum absolute atomic E-state index is 12.3. The van der Waals surface area contributed by atoms with Gasteiger partial charge in [0.15, 0.2) is 0 Å². The molecule has 0 saturated heterocycles. The maximum atomic E-state index is 12.3. The second-order valence-electron chi connectivity index (χ2n) is 4.37. The van der Waals surface area contributed by atoms with Gasteiger partial charge in [0.1, 0.15) is 18.4 Å². The number of rotatable bonds is 6. The summed E-state index contributed by atoms with van der Waals surface area (Å²) >= 11 is 0. The molecule has 1 aromatic carbocycles. The van der Waals surface area contributed by atoms with Crippen molar-refractivity contribution in [2.45, 2.75) is 19.1 Å². The molecule has 0 radical (unpaired) electrons. The number of benzene rings is 1. The van der Waals surface area contributed by atoms with E-state index in [9.17, 15) is 18.0 Å². The Balaban J connectivity index is 2.45. The van der Waals surface area contributed by atoms with Gasteiger partial charge in [0.25, 0.3) is 0 Å². The van der Waals surface area contributed by atoms with Gasteiger partial charge < -0.3 is 9.84 Å². The van der Waals surface area contributed by atoms with Crippen molar-refractivity contribution >= 4 is 5.97 Å². The van der Waals surface area contributed by atoms with Crippen LogP contribution in [-0.2, 0) is 11.0 Å². The molecule has 1 atom stereocenters. The molecule has 0 aliphatic rings. The summed E-state index contributed by atoms with van der Waals surface area (Å²) in [6.45, 7) is 2.09. The fourth-order valence-corrected chi connectivity index (χ4v) is 1.43. The zero-order valence-corrected chi connectivity index (χ0v) is 11.1. The fraction of sp³-hybridized carbons (Fsp3) is 0.462. The highest BCUT2D eigenvalue weighted by Gasteiger charge is 2.30. The Morgan fingerprint density at radius 1 is 1.35 bits per heavy atom. The van der Waals surface area contributed by atoms with Gasteiger partial charge in [-0.1, -0.05) is 0 Å². The predicted molar refractivity (Wildman–Crippen MR) is 66.7 cm³/mol. The summed E-state index contributed by atoms with van der Waals surface area (Å²) in [4.78, 5) is 12.3. The van der Waals surface area contributed by atoms with Crippen molar-refractivity contribution in [1.29, 1.82) is 0 Å². The summed E-state index contributed by atoms with van der Waals surface area (Å²) in [5, 5.41) is 8.79. The number of nitrogens with zero attached hydrogens (tertiary/aromatic N) is 1. The molecule has 20 heavy (non-hydrogen) atoms. The van der Waals surface area contributed by atoms with Crippen LogP contribution >= 0.6 is 0 Å². The summed E-state index contributed by atoms with van der Waals surface area (Å²) in [7, 11) is 1.63. The van der Waals surface area contributed by atoms with Gasteiger partial charge in [0, 0.05) is 6.54 Å². The predicted octanol–water partition coefficient (Wildman–Crippen LogP) is 2.49. The maximum Gasteiger partial charge on any atom is 0.416 e. The summed E-state index contributed by atoms with van der Waals surface area (Å²) < 4.78 is 42.3. The molecule has 0 amide bonds. The first-order valence-corrected chi connectivity index (χ1v) is 5.95. The van der Waals surface area contributed by atoms with Crippen molar-refractivity contribution in [3.05, 3.63) is 29.8 Å². The number of alkyl halides is 3. The quantitative estimate of drug-likeness (QED) is 0.875. The van der Waals surface area contributed by atoms with E-state index in [4.69, 9.17) is 9.84 Å². The fourth-order valence-electron chi connectivity index (χ4n) is 1.43. The van der Waals surface area contributed by atoms with E-state index in [-0.39, 0.29) is 6.61 Å². The molecule has 0 bridgehead atoms. The zero-order valence-electron chi connectivity index (χ0n) is 11.1. The number of aliphatic carboxylic acids is 1. The molecule has 4 nitrogen and oxygen atoms in total. The van der Waals surface area contributed by atoms with Gasteiger partial charge in [-0.3, -0.25) is 9.69 Å². The number of carboxylic acids is 1. The van der Waals surface area contributed by atoms with Gasteiger partial charge in [-0.05, 0) is 38.2 Å². The molecular weight excluding hydrogens is 275 g/mol. The third-order valence-electron chi connectivity index (χ3n) is 2.91. The molecule has 1 aromatic rings. The van der Waals surface area contributed by atoms with Gasteiger partial charge in [-0.2, -0.15) is 13.2 Å². The molecular formula is C13H16F3NO3. The molecule has 0 aliphatic carbocycles. The first-order chi connectivity index (χ1) is 9.21. The molecule has 0 spiro atoms. The Kier molecular flexibility index (Phi) is 5.38. The lowest BCUT2D eigenvalue weighted by molar-refractivity contribution is -0.142. The van der Waals surface area contributed by atoms with E-state index in [2.05, 4.69) is 0 Å². The highest BCUT2D eigenvalue weighted by atomic mass is 19.4. The van der Waals surface area contributed by atoms with Crippen LogP contribution in [0.15, 0.2) is 24.3 Å². The van der Waals surface area contributed by atoms with Crippen LogP contribution in [0.4, 0.5) is 13.2 Å². The molecule has 0 fully saturated rings. The molecule has 1 rings (SSSR count). The first-order valence-electron chi connectivity index (χ1n) is 5.95. The van der Waals surface area contributed by atoms with Gasteiger partial charge in [0.2, 0.25) is 0 Å². The second kappa shape index (κ2) is 6.60. The Morgan fingerprint density at radius 3 is 2.35 bits per heavy atom. The largest absolute Gasteiger partial charge is 0.492 e. The molecule has 0 heterocycles.